The summed E-state index contributed by atoms with van der Waals surface area (Å²) in [5.74, 6) is 1.93. The molecule has 1 saturated heterocycles. The molecule has 2 aromatic heterocycles. The molecule has 0 spiro atoms. The summed E-state index contributed by atoms with van der Waals surface area (Å²) in [6.07, 6.45) is 4.47. The number of aromatic nitrogens is 2. The molecule has 0 aromatic carbocycles. The second kappa shape index (κ2) is 8.30. The van der Waals surface area contributed by atoms with Gasteiger partial charge in [-0.05, 0) is 37.8 Å². The van der Waals surface area contributed by atoms with Crippen molar-refractivity contribution in [2.75, 3.05) is 13.1 Å². The van der Waals surface area contributed by atoms with Crippen molar-refractivity contribution in [1.82, 2.24) is 15.0 Å². The number of aryl methyl sites for hydroxylation is 1. The van der Waals surface area contributed by atoms with Crippen LogP contribution in [0.5, 0.6) is 0 Å². The highest BCUT2D eigenvalue weighted by Crippen LogP contribution is 2.20. The highest BCUT2D eigenvalue weighted by molar-refractivity contribution is 5.85. The number of rotatable bonds is 5. The minimum absolute atomic E-state index is 0. The van der Waals surface area contributed by atoms with E-state index in [1.807, 2.05) is 11.8 Å². The van der Waals surface area contributed by atoms with Gasteiger partial charge in [0.15, 0.2) is 5.76 Å². The average molecular weight is 355 g/mol. The van der Waals surface area contributed by atoms with Gasteiger partial charge in [-0.15, -0.1) is 12.4 Å². The fraction of sp³-hybridized carbons (Fsp3) is 0.562. The van der Waals surface area contributed by atoms with E-state index in [0.29, 0.717) is 36.2 Å². The molecule has 7 nitrogen and oxygen atoms in total. The van der Waals surface area contributed by atoms with Crippen LogP contribution in [0.25, 0.3) is 11.6 Å². The van der Waals surface area contributed by atoms with Crippen LogP contribution in [0.1, 0.15) is 32.1 Å². The van der Waals surface area contributed by atoms with Crippen LogP contribution in [0.3, 0.4) is 0 Å². The second-order valence-corrected chi connectivity index (χ2v) is 6.09. The first kappa shape index (κ1) is 18.5. The Morgan fingerprint density at radius 1 is 1.54 bits per heavy atom. The summed E-state index contributed by atoms with van der Waals surface area (Å²) in [4.78, 5) is 18.5. The predicted octanol–water partition coefficient (Wildman–Crippen LogP) is 2.27. The minimum atomic E-state index is 0. The normalized spacial score (nSPS) is 18.9. The molecule has 3 rings (SSSR count). The zero-order valence-electron chi connectivity index (χ0n) is 13.7. The van der Waals surface area contributed by atoms with Gasteiger partial charge in [0.1, 0.15) is 0 Å². The topological polar surface area (TPSA) is 98.4 Å². The number of hydrogen-bond donors (Lipinski definition) is 1. The Bertz CT molecular complexity index is 642. The fourth-order valence-corrected chi connectivity index (χ4v) is 2.90. The minimum Gasteiger partial charge on any atom is -0.461 e. The van der Waals surface area contributed by atoms with Gasteiger partial charge in [0.05, 0.1) is 6.26 Å². The molecule has 2 unspecified atom stereocenters. The Hall–Kier alpha value is -1.86. The van der Waals surface area contributed by atoms with Crippen LogP contribution in [-0.4, -0.2) is 40.1 Å². The fourth-order valence-electron chi connectivity index (χ4n) is 2.90. The maximum Gasteiger partial charge on any atom is 0.238 e. The molecule has 0 bridgehead atoms. The third-order valence-corrected chi connectivity index (χ3v) is 4.32. The molecule has 2 atom stereocenters. The summed E-state index contributed by atoms with van der Waals surface area (Å²) in [5, 5.41) is 3.86. The van der Waals surface area contributed by atoms with Crippen LogP contribution in [-0.2, 0) is 11.2 Å². The van der Waals surface area contributed by atoms with Gasteiger partial charge in [-0.25, -0.2) is 0 Å². The van der Waals surface area contributed by atoms with Gasteiger partial charge in [-0.3, -0.25) is 4.79 Å². The third kappa shape index (κ3) is 4.36. The van der Waals surface area contributed by atoms with E-state index >= 15 is 0 Å². The van der Waals surface area contributed by atoms with E-state index in [1.54, 1.807) is 18.4 Å². The van der Waals surface area contributed by atoms with E-state index in [4.69, 9.17) is 14.7 Å². The number of nitrogens with zero attached hydrogens (tertiary/aromatic N) is 3. The number of nitrogens with two attached hydrogens (primary N) is 1. The molecule has 1 aliphatic heterocycles. The zero-order valence-corrected chi connectivity index (χ0v) is 14.5. The van der Waals surface area contributed by atoms with Crippen LogP contribution >= 0.6 is 12.4 Å². The van der Waals surface area contributed by atoms with Crippen molar-refractivity contribution >= 4 is 18.3 Å². The van der Waals surface area contributed by atoms with Gasteiger partial charge in [-0.2, -0.15) is 4.98 Å². The molecule has 8 heteroatoms. The van der Waals surface area contributed by atoms with Crippen molar-refractivity contribution in [3.63, 3.8) is 0 Å². The number of likely N-dealkylation sites (tertiary alicyclic amines) is 1. The summed E-state index contributed by atoms with van der Waals surface area (Å²) in [5.41, 5.74) is 5.96. The third-order valence-electron chi connectivity index (χ3n) is 4.32. The maximum absolute atomic E-state index is 12.4. The highest BCUT2D eigenvalue weighted by Gasteiger charge is 2.25. The number of piperidine rings is 1. The van der Waals surface area contributed by atoms with Gasteiger partial charge < -0.3 is 19.6 Å². The lowest BCUT2D eigenvalue weighted by Crippen LogP contribution is -2.45. The van der Waals surface area contributed by atoms with Gasteiger partial charge in [-0.1, -0.05) is 5.16 Å². The smallest absolute Gasteiger partial charge is 0.238 e. The van der Waals surface area contributed by atoms with E-state index in [2.05, 4.69) is 10.1 Å². The monoisotopic (exact) mass is 354 g/mol. The lowest BCUT2D eigenvalue weighted by molar-refractivity contribution is -0.133. The first-order chi connectivity index (χ1) is 11.1. The molecule has 0 saturated carbocycles. The Morgan fingerprint density at radius 3 is 3.08 bits per heavy atom. The number of halogens is 1. The number of furan rings is 1. The Morgan fingerprint density at radius 2 is 2.38 bits per heavy atom. The van der Waals surface area contributed by atoms with Crippen LogP contribution in [0.4, 0.5) is 0 Å². The Kier molecular flexibility index (Phi) is 6.39. The first-order valence-electron chi connectivity index (χ1n) is 8.03. The molecule has 1 fully saturated rings. The van der Waals surface area contributed by atoms with Gasteiger partial charge in [0.25, 0.3) is 0 Å². The number of hydrogen-bond acceptors (Lipinski definition) is 6. The number of carbonyl (C=O) groups is 1. The summed E-state index contributed by atoms with van der Waals surface area (Å²) in [6.45, 7) is 3.56. The molecule has 24 heavy (non-hydrogen) atoms. The lowest BCUT2D eigenvalue weighted by Gasteiger charge is -2.34. The standard InChI is InChI=1S/C16H22N4O3.ClH/c1-11(17)12-4-2-8-20(10-12)15(21)7-6-14-18-16(19-23-14)13-5-3-9-22-13;/h3,5,9,11-12H,2,4,6-8,10,17H2,1H3;1H. The lowest BCUT2D eigenvalue weighted by atomic mass is 9.92. The molecule has 0 aliphatic carbocycles. The van der Waals surface area contributed by atoms with Crippen LogP contribution in [0, 0.1) is 5.92 Å². The molecule has 1 amide bonds. The predicted molar refractivity (Wildman–Crippen MR) is 90.5 cm³/mol. The van der Waals surface area contributed by atoms with Gasteiger partial charge >= 0.3 is 0 Å². The van der Waals surface area contributed by atoms with Crippen molar-refractivity contribution in [2.45, 2.75) is 38.6 Å². The van der Waals surface area contributed by atoms with E-state index in [9.17, 15) is 4.79 Å². The van der Waals surface area contributed by atoms with Crippen LogP contribution in [0.2, 0.25) is 0 Å². The molecule has 0 radical (unpaired) electrons. The summed E-state index contributed by atoms with van der Waals surface area (Å²) in [7, 11) is 0. The van der Waals surface area contributed by atoms with Crippen molar-refractivity contribution < 1.29 is 13.7 Å². The van der Waals surface area contributed by atoms with E-state index in [0.717, 1.165) is 25.9 Å². The van der Waals surface area contributed by atoms with Crippen molar-refractivity contribution in [3.8, 4) is 11.6 Å². The largest absolute Gasteiger partial charge is 0.461 e. The van der Waals surface area contributed by atoms with E-state index in [1.165, 1.54) is 0 Å². The van der Waals surface area contributed by atoms with Gasteiger partial charge in [0, 0.05) is 32.0 Å². The summed E-state index contributed by atoms with van der Waals surface area (Å²) < 4.78 is 10.4. The molecule has 1 aliphatic rings. The van der Waals surface area contributed by atoms with E-state index in [-0.39, 0.29) is 24.4 Å². The quantitative estimate of drug-likeness (QED) is 0.884. The summed E-state index contributed by atoms with van der Waals surface area (Å²) in [6, 6.07) is 3.65. The first-order valence-corrected chi connectivity index (χ1v) is 8.03. The molecular formula is C16H23ClN4O3. The van der Waals surface area contributed by atoms with Crippen LogP contribution in [0.15, 0.2) is 27.3 Å². The molecule has 2 N–H and O–H groups in total. The Balaban J connectivity index is 0.00000208. The summed E-state index contributed by atoms with van der Waals surface area (Å²) >= 11 is 0. The van der Waals surface area contributed by atoms with Crippen molar-refractivity contribution in [3.05, 3.63) is 24.3 Å². The number of carbonyl (C=O) groups excluding carboxylic acids is 1. The van der Waals surface area contributed by atoms with Gasteiger partial charge in [0.2, 0.25) is 17.6 Å². The molecular weight excluding hydrogens is 332 g/mol. The molecule has 2 aromatic rings. The highest BCUT2D eigenvalue weighted by atomic mass is 35.5. The number of amides is 1. The Labute approximate surface area is 147 Å². The van der Waals surface area contributed by atoms with Crippen molar-refractivity contribution in [2.24, 2.45) is 11.7 Å². The zero-order chi connectivity index (χ0) is 16.2. The molecule has 3 heterocycles. The second-order valence-electron chi connectivity index (χ2n) is 6.09. The van der Waals surface area contributed by atoms with Crippen LogP contribution < -0.4 is 5.73 Å². The average Bonchev–Trinajstić information content (AvgIpc) is 3.23. The SMILES string of the molecule is CC(N)C1CCCN(C(=O)CCc2nc(-c3ccco3)no2)C1.Cl. The maximum atomic E-state index is 12.4. The molecule has 132 valence electrons. The van der Waals surface area contributed by atoms with Crippen molar-refractivity contribution in [1.29, 1.82) is 0 Å². The van der Waals surface area contributed by atoms with E-state index < -0.39 is 0 Å².